The van der Waals surface area contributed by atoms with E-state index in [-0.39, 0.29) is 5.91 Å². The lowest BCUT2D eigenvalue weighted by Gasteiger charge is -2.37. The van der Waals surface area contributed by atoms with E-state index in [1.807, 2.05) is 22.6 Å². The zero-order valence-electron chi connectivity index (χ0n) is 15.1. The number of rotatable bonds is 3. The lowest BCUT2D eigenvalue weighted by molar-refractivity contribution is -0.181. The van der Waals surface area contributed by atoms with Crippen molar-refractivity contribution in [1.29, 1.82) is 0 Å². The maximum atomic E-state index is 12.9. The summed E-state index contributed by atoms with van der Waals surface area (Å²) in [6, 6.07) is 2.01. The smallest absolute Gasteiger partial charge is 0.264 e. The van der Waals surface area contributed by atoms with Gasteiger partial charge in [-0.2, -0.15) is 5.10 Å². The summed E-state index contributed by atoms with van der Waals surface area (Å²) in [5.74, 6) is 0.198. The lowest BCUT2D eigenvalue weighted by atomic mass is 10.0. The van der Waals surface area contributed by atoms with Gasteiger partial charge in [0.05, 0.1) is 23.8 Å². The zero-order chi connectivity index (χ0) is 17.6. The quantitative estimate of drug-likeness (QED) is 0.841. The van der Waals surface area contributed by atoms with E-state index >= 15 is 0 Å². The highest BCUT2D eigenvalue weighted by molar-refractivity contribution is 7.20. The van der Waals surface area contributed by atoms with Crippen molar-refractivity contribution in [3.05, 3.63) is 16.6 Å². The number of carbonyl (C=O) groups is 1. The van der Waals surface area contributed by atoms with E-state index in [9.17, 15) is 4.79 Å². The lowest BCUT2D eigenvalue weighted by Crippen LogP contribution is -2.47. The van der Waals surface area contributed by atoms with Crippen LogP contribution in [0.25, 0.3) is 10.2 Å². The summed E-state index contributed by atoms with van der Waals surface area (Å²) in [6.45, 7) is 9.94. The van der Waals surface area contributed by atoms with E-state index in [0.29, 0.717) is 32.2 Å². The molecular formula is C18H25N3O3S. The molecule has 2 aliphatic rings. The van der Waals surface area contributed by atoms with Gasteiger partial charge in [0.2, 0.25) is 0 Å². The average molecular weight is 363 g/mol. The molecule has 7 heteroatoms. The maximum Gasteiger partial charge on any atom is 0.264 e. The number of aromatic nitrogens is 2. The van der Waals surface area contributed by atoms with Crippen molar-refractivity contribution in [2.24, 2.45) is 5.92 Å². The topological polar surface area (TPSA) is 56.6 Å². The number of carbonyl (C=O) groups excluding carboxylic acids is 1. The maximum absolute atomic E-state index is 12.9. The molecular weight excluding hydrogens is 338 g/mol. The van der Waals surface area contributed by atoms with E-state index in [2.05, 4.69) is 18.9 Å². The Hall–Kier alpha value is -1.44. The Bertz CT molecular complexity index is 779. The summed E-state index contributed by atoms with van der Waals surface area (Å²) in [4.78, 5) is 16.8. The van der Waals surface area contributed by atoms with Gasteiger partial charge in [0.1, 0.15) is 4.83 Å². The van der Waals surface area contributed by atoms with E-state index in [0.717, 1.165) is 40.2 Å². The highest BCUT2D eigenvalue weighted by Crippen LogP contribution is 2.34. The second-order valence-corrected chi connectivity index (χ2v) is 8.42. The SMILES string of the molecule is Cc1nn(CC(C)C)c2sc(C(=O)N3CCC4(CC3)OCCO4)cc12. The number of thiophene rings is 1. The average Bonchev–Trinajstić information content (AvgIpc) is 3.26. The first-order chi connectivity index (χ1) is 12.0. The Morgan fingerprint density at radius 3 is 2.64 bits per heavy atom. The predicted octanol–water partition coefficient (Wildman–Crippen LogP) is 3.04. The first-order valence-corrected chi connectivity index (χ1v) is 9.83. The van der Waals surface area contributed by atoms with Crippen molar-refractivity contribution in [2.75, 3.05) is 26.3 Å². The first kappa shape index (κ1) is 17.0. The molecule has 1 amide bonds. The van der Waals surface area contributed by atoms with Crippen molar-refractivity contribution in [3.8, 4) is 0 Å². The van der Waals surface area contributed by atoms with Gasteiger partial charge in [-0.1, -0.05) is 13.8 Å². The molecule has 0 saturated carbocycles. The minimum absolute atomic E-state index is 0.115. The first-order valence-electron chi connectivity index (χ1n) is 9.01. The molecule has 2 aromatic rings. The fourth-order valence-electron chi connectivity index (χ4n) is 3.68. The van der Waals surface area contributed by atoms with Crippen LogP contribution in [0, 0.1) is 12.8 Å². The molecule has 2 aliphatic heterocycles. The molecule has 0 atom stereocenters. The molecule has 0 aromatic carbocycles. The van der Waals surface area contributed by atoms with Crippen LogP contribution in [0.2, 0.25) is 0 Å². The molecule has 6 nitrogen and oxygen atoms in total. The number of hydrogen-bond acceptors (Lipinski definition) is 5. The van der Waals surface area contributed by atoms with Gasteiger partial charge >= 0.3 is 0 Å². The molecule has 25 heavy (non-hydrogen) atoms. The highest BCUT2D eigenvalue weighted by atomic mass is 32.1. The molecule has 2 aromatic heterocycles. The molecule has 0 aliphatic carbocycles. The van der Waals surface area contributed by atoms with Crippen molar-refractivity contribution >= 4 is 27.5 Å². The van der Waals surface area contributed by atoms with Gasteiger partial charge < -0.3 is 14.4 Å². The van der Waals surface area contributed by atoms with Gasteiger partial charge in [-0.05, 0) is 18.9 Å². The van der Waals surface area contributed by atoms with Crippen LogP contribution in [0.15, 0.2) is 6.07 Å². The van der Waals surface area contributed by atoms with Crippen LogP contribution >= 0.6 is 11.3 Å². The molecule has 0 N–H and O–H groups in total. The monoisotopic (exact) mass is 363 g/mol. The van der Waals surface area contributed by atoms with Crippen LogP contribution in [0.3, 0.4) is 0 Å². The third kappa shape index (κ3) is 3.09. The molecule has 1 spiro atoms. The summed E-state index contributed by atoms with van der Waals surface area (Å²) in [6.07, 6.45) is 1.51. The summed E-state index contributed by atoms with van der Waals surface area (Å²) in [5.41, 5.74) is 0.997. The van der Waals surface area contributed by atoms with E-state index in [1.54, 1.807) is 11.3 Å². The second kappa shape index (κ2) is 6.37. The Morgan fingerprint density at radius 1 is 1.32 bits per heavy atom. The molecule has 0 bridgehead atoms. The van der Waals surface area contributed by atoms with Gasteiger partial charge in [0.25, 0.3) is 5.91 Å². The second-order valence-electron chi connectivity index (χ2n) is 7.39. The number of piperidine rings is 1. The number of ether oxygens (including phenoxy) is 2. The van der Waals surface area contributed by atoms with Crippen molar-refractivity contribution in [1.82, 2.24) is 14.7 Å². The number of nitrogens with zero attached hydrogens (tertiary/aromatic N) is 3. The van der Waals surface area contributed by atoms with Gasteiger partial charge in [-0.15, -0.1) is 11.3 Å². The van der Waals surface area contributed by atoms with Crippen LogP contribution in [-0.2, 0) is 16.0 Å². The van der Waals surface area contributed by atoms with Crippen molar-refractivity contribution in [3.63, 3.8) is 0 Å². The number of likely N-dealkylation sites (tertiary alicyclic amines) is 1. The highest BCUT2D eigenvalue weighted by Gasteiger charge is 2.41. The fourth-order valence-corrected chi connectivity index (χ4v) is 4.82. The van der Waals surface area contributed by atoms with E-state index in [1.165, 1.54) is 0 Å². The summed E-state index contributed by atoms with van der Waals surface area (Å²) < 4.78 is 13.5. The number of fused-ring (bicyclic) bond motifs is 1. The minimum Gasteiger partial charge on any atom is -0.347 e. The number of hydrogen-bond donors (Lipinski definition) is 0. The number of aryl methyl sites for hydroxylation is 1. The molecule has 2 saturated heterocycles. The normalized spacial score (nSPS) is 20.2. The molecule has 0 radical (unpaired) electrons. The summed E-state index contributed by atoms with van der Waals surface area (Å²) >= 11 is 1.56. The third-order valence-corrected chi connectivity index (χ3v) is 6.12. The Balaban J connectivity index is 1.52. The molecule has 4 rings (SSSR count). The predicted molar refractivity (Wildman–Crippen MR) is 97.0 cm³/mol. The molecule has 2 fully saturated rings. The Morgan fingerprint density at radius 2 is 2.00 bits per heavy atom. The number of amides is 1. The van der Waals surface area contributed by atoms with Crippen molar-refractivity contribution in [2.45, 2.75) is 45.9 Å². The van der Waals surface area contributed by atoms with Crippen LogP contribution < -0.4 is 0 Å². The molecule has 136 valence electrons. The van der Waals surface area contributed by atoms with Gasteiger partial charge in [-0.3, -0.25) is 9.48 Å². The minimum atomic E-state index is -0.439. The molecule has 0 unspecified atom stereocenters. The van der Waals surface area contributed by atoms with Gasteiger partial charge in [0, 0.05) is 37.9 Å². The van der Waals surface area contributed by atoms with E-state index < -0.39 is 5.79 Å². The summed E-state index contributed by atoms with van der Waals surface area (Å²) in [5, 5.41) is 5.72. The molecule has 4 heterocycles. The summed E-state index contributed by atoms with van der Waals surface area (Å²) in [7, 11) is 0. The van der Waals surface area contributed by atoms with Crippen LogP contribution in [0.1, 0.15) is 42.1 Å². The Labute approximate surface area is 151 Å². The van der Waals surface area contributed by atoms with Crippen molar-refractivity contribution < 1.29 is 14.3 Å². The van der Waals surface area contributed by atoms with Crippen LogP contribution in [0.5, 0.6) is 0 Å². The van der Waals surface area contributed by atoms with Gasteiger partial charge in [-0.25, -0.2) is 0 Å². The largest absolute Gasteiger partial charge is 0.347 e. The standard InChI is InChI=1S/C18H25N3O3S/c1-12(2)11-21-17-14(13(3)19-21)10-15(25-17)16(22)20-6-4-18(5-7-20)23-8-9-24-18/h10,12H,4-9,11H2,1-3H3. The zero-order valence-corrected chi connectivity index (χ0v) is 15.9. The van der Waals surface area contributed by atoms with Crippen LogP contribution in [0.4, 0.5) is 0 Å². The third-order valence-electron chi connectivity index (χ3n) is 4.98. The van der Waals surface area contributed by atoms with Gasteiger partial charge in [0.15, 0.2) is 5.79 Å². The Kier molecular flexibility index (Phi) is 4.33. The fraction of sp³-hybridized carbons (Fsp3) is 0.667. The van der Waals surface area contributed by atoms with Crippen LogP contribution in [-0.4, -0.2) is 52.7 Å². The van der Waals surface area contributed by atoms with E-state index in [4.69, 9.17) is 9.47 Å².